The molecule has 0 spiro atoms. The molecule has 0 saturated carbocycles. The van der Waals surface area contributed by atoms with Crippen molar-refractivity contribution >= 4 is 11.6 Å². The van der Waals surface area contributed by atoms with Gasteiger partial charge in [-0.15, -0.1) is 0 Å². The zero-order valence-corrected chi connectivity index (χ0v) is 16.1. The van der Waals surface area contributed by atoms with Crippen LogP contribution in [0.15, 0.2) is 42.5 Å². The smallest absolute Gasteiger partial charge is 0.165 e. The van der Waals surface area contributed by atoms with Gasteiger partial charge in [-0.05, 0) is 36.6 Å². The van der Waals surface area contributed by atoms with Crippen LogP contribution in [0.1, 0.15) is 71.7 Å². The quantitative estimate of drug-likeness (QED) is 0.371. The molecule has 0 amide bonds. The van der Waals surface area contributed by atoms with Crippen LogP contribution in [0.2, 0.25) is 0 Å². The summed E-state index contributed by atoms with van der Waals surface area (Å²) in [5, 5.41) is 0. The minimum absolute atomic E-state index is 0.0589. The van der Waals surface area contributed by atoms with Crippen LogP contribution in [0.5, 0.6) is 5.75 Å². The number of rotatable bonds is 11. The molecule has 0 bridgehead atoms. The maximum atomic E-state index is 13.7. The lowest BCUT2D eigenvalue weighted by molar-refractivity contribution is 0.0917. The Kier molecular flexibility index (Phi) is 8.18. The van der Waals surface area contributed by atoms with E-state index in [1.807, 2.05) is 24.3 Å². The minimum atomic E-state index is -0.579. The van der Waals surface area contributed by atoms with E-state index in [1.165, 1.54) is 44.1 Å². The van der Waals surface area contributed by atoms with Gasteiger partial charge in [0.2, 0.25) is 0 Å². The summed E-state index contributed by atoms with van der Waals surface area (Å²) >= 11 is 0. The fourth-order valence-corrected chi connectivity index (χ4v) is 2.97. The number of Topliss-reactive ketones (excluding diaryl/α,β-unsaturated/α-hetero) is 2. The molecule has 3 nitrogen and oxygen atoms in total. The number of hydrogen-bond donors (Lipinski definition) is 0. The topological polar surface area (TPSA) is 43.4 Å². The number of carbonyl (C=O) groups is 2. The molecule has 0 fully saturated rings. The summed E-state index contributed by atoms with van der Waals surface area (Å²) in [6.07, 6.45) is 6.05. The van der Waals surface area contributed by atoms with Crippen LogP contribution in [0.3, 0.4) is 0 Å². The number of halogens is 1. The third-order valence-electron chi connectivity index (χ3n) is 4.65. The average molecular weight is 370 g/mol. The van der Waals surface area contributed by atoms with Gasteiger partial charge in [0.15, 0.2) is 23.1 Å². The van der Waals surface area contributed by atoms with E-state index >= 15 is 0 Å². The highest BCUT2D eigenvalue weighted by molar-refractivity contribution is 6.02. The molecule has 0 heterocycles. The summed E-state index contributed by atoms with van der Waals surface area (Å²) in [7, 11) is 1.37. The van der Waals surface area contributed by atoms with Gasteiger partial charge in [-0.3, -0.25) is 9.59 Å². The summed E-state index contributed by atoms with van der Waals surface area (Å²) in [4.78, 5) is 24.5. The molecule has 144 valence electrons. The monoisotopic (exact) mass is 370 g/mol. The zero-order chi connectivity index (χ0) is 19.6. The van der Waals surface area contributed by atoms with Crippen LogP contribution < -0.4 is 4.74 Å². The van der Waals surface area contributed by atoms with Crippen LogP contribution in [0.25, 0.3) is 0 Å². The Balaban J connectivity index is 1.86. The minimum Gasteiger partial charge on any atom is -0.494 e. The lowest BCUT2D eigenvalue weighted by Gasteiger charge is -2.06. The van der Waals surface area contributed by atoms with Gasteiger partial charge in [0.1, 0.15) is 0 Å². The molecule has 0 aromatic heterocycles. The molecule has 4 heteroatoms. The Labute approximate surface area is 160 Å². The highest BCUT2D eigenvalue weighted by Gasteiger charge is 2.13. The number of unbranched alkanes of at least 4 members (excludes halogenated alkanes) is 3. The van der Waals surface area contributed by atoms with E-state index in [-0.39, 0.29) is 35.7 Å². The third kappa shape index (κ3) is 6.31. The number of aryl methyl sites for hydroxylation is 1. The average Bonchev–Trinajstić information content (AvgIpc) is 2.69. The van der Waals surface area contributed by atoms with Crippen LogP contribution in [0, 0.1) is 5.82 Å². The number of hydrogen-bond acceptors (Lipinski definition) is 3. The number of ketones is 2. The standard InChI is InChI=1S/C23H27FO3/c1-3-4-5-6-7-17-8-10-18(11-9-17)21(25)13-14-22(26)19-12-15-23(27-2)20(24)16-19/h8-12,15-16H,3-7,13-14H2,1-2H3. The molecule has 0 aliphatic rings. The van der Waals surface area contributed by atoms with Gasteiger partial charge in [-0.1, -0.05) is 50.5 Å². The van der Waals surface area contributed by atoms with Crippen molar-refractivity contribution in [3.63, 3.8) is 0 Å². The van der Waals surface area contributed by atoms with Crippen LogP contribution in [0.4, 0.5) is 4.39 Å². The molecular weight excluding hydrogens is 343 g/mol. The molecule has 0 atom stereocenters. The van der Waals surface area contributed by atoms with Gasteiger partial charge in [0.25, 0.3) is 0 Å². The van der Waals surface area contributed by atoms with Gasteiger partial charge in [0.05, 0.1) is 7.11 Å². The maximum absolute atomic E-state index is 13.7. The molecule has 2 aromatic carbocycles. The van der Waals surface area contributed by atoms with Crippen molar-refractivity contribution < 1.29 is 18.7 Å². The number of ether oxygens (including phenoxy) is 1. The number of benzene rings is 2. The highest BCUT2D eigenvalue weighted by atomic mass is 19.1. The lowest BCUT2D eigenvalue weighted by Crippen LogP contribution is -2.06. The van der Waals surface area contributed by atoms with Gasteiger partial charge in [-0.2, -0.15) is 0 Å². The summed E-state index contributed by atoms with van der Waals surface area (Å²) in [5.41, 5.74) is 2.09. The molecule has 2 rings (SSSR count). The maximum Gasteiger partial charge on any atom is 0.165 e. The van der Waals surface area contributed by atoms with Crippen molar-refractivity contribution in [1.82, 2.24) is 0 Å². The largest absolute Gasteiger partial charge is 0.494 e. The molecule has 0 aliphatic heterocycles. The van der Waals surface area contributed by atoms with Gasteiger partial charge in [-0.25, -0.2) is 4.39 Å². The van der Waals surface area contributed by atoms with Crippen molar-refractivity contribution in [2.24, 2.45) is 0 Å². The summed E-state index contributed by atoms with van der Waals surface area (Å²) in [5.74, 6) is -0.811. The van der Waals surface area contributed by atoms with E-state index in [9.17, 15) is 14.0 Å². The zero-order valence-electron chi connectivity index (χ0n) is 16.1. The first-order valence-electron chi connectivity index (χ1n) is 9.54. The summed E-state index contributed by atoms with van der Waals surface area (Å²) in [6, 6.07) is 11.7. The Morgan fingerprint density at radius 2 is 1.52 bits per heavy atom. The normalized spacial score (nSPS) is 10.6. The van der Waals surface area contributed by atoms with E-state index in [0.29, 0.717) is 5.56 Å². The predicted molar refractivity (Wildman–Crippen MR) is 105 cm³/mol. The second-order valence-corrected chi connectivity index (χ2v) is 6.70. The summed E-state index contributed by atoms with van der Waals surface area (Å²) in [6.45, 7) is 2.19. The Bertz CT molecular complexity index is 766. The van der Waals surface area contributed by atoms with Crippen molar-refractivity contribution in [2.45, 2.75) is 51.9 Å². The van der Waals surface area contributed by atoms with Crippen LogP contribution in [-0.2, 0) is 6.42 Å². The Morgan fingerprint density at radius 1 is 0.889 bits per heavy atom. The second kappa shape index (κ2) is 10.6. The SMILES string of the molecule is CCCCCCc1ccc(C(=O)CCC(=O)c2ccc(OC)c(F)c2)cc1. The van der Waals surface area contributed by atoms with Gasteiger partial charge < -0.3 is 4.74 Å². The van der Waals surface area contributed by atoms with Crippen LogP contribution in [-0.4, -0.2) is 18.7 Å². The van der Waals surface area contributed by atoms with E-state index in [4.69, 9.17) is 4.74 Å². The first kappa shape index (κ1) is 20.8. The molecule has 0 unspecified atom stereocenters. The predicted octanol–water partition coefficient (Wildman–Crippen LogP) is 5.80. The molecule has 27 heavy (non-hydrogen) atoms. The van der Waals surface area contributed by atoms with Crippen molar-refractivity contribution in [3.8, 4) is 5.75 Å². The fraction of sp³-hybridized carbons (Fsp3) is 0.391. The molecule has 0 N–H and O–H groups in total. The number of carbonyl (C=O) groups excluding carboxylic acids is 2. The Morgan fingerprint density at radius 3 is 2.11 bits per heavy atom. The van der Waals surface area contributed by atoms with E-state index in [1.54, 1.807) is 0 Å². The molecule has 2 aromatic rings. The van der Waals surface area contributed by atoms with E-state index in [0.717, 1.165) is 18.9 Å². The molecule has 0 radical (unpaired) electrons. The second-order valence-electron chi connectivity index (χ2n) is 6.70. The van der Waals surface area contributed by atoms with Crippen molar-refractivity contribution in [1.29, 1.82) is 0 Å². The first-order valence-corrected chi connectivity index (χ1v) is 9.54. The van der Waals surface area contributed by atoms with E-state index in [2.05, 4.69) is 6.92 Å². The van der Waals surface area contributed by atoms with Crippen molar-refractivity contribution in [3.05, 3.63) is 65.0 Å². The highest BCUT2D eigenvalue weighted by Crippen LogP contribution is 2.19. The molecular formula is C23H27FO3. The molecule has 0 aliphatic carbocycles. The summed E-state index contributed by atoms with van der Waals surface area (Å²) < 4.78 is 18.5. The number of methoxy groups -OCH3 is 1. The van der Waals surface area contributed by atoms with Crippen LogP contribution >= 0.6 is 0 Å². The Hall–Kier alpha value is -2.49. The fourth-order valence-electron chi connectivity index (χ4n) is 2.97. The lowest BCUT2D eigenvalue weighted by atomic mass is 9.99. The van der Waals surface area contributed by atoms with Gasteiger partial charge in [0, 0.05) is 24.0 Å². The third-order valence-corrected chi connectivity index (χ3v) is 4.65. The van der Waals surface area contributed by atoms with Crippen molar-refractivity contribution in [2.75, 3.05) is 7.11 Å². The first-order chi connectivity index (χ1) is 13.0. The van der Waals surface area contributed by atoms with E-state index < -0.39 is 5.82 Å². The molecule has 0 saturated heterocycles. The van der Waals surface area contributed by atoms with Gasteiger partial charge >= 0.3 is 0 Å².